The summed E-state index contributed by atoms with van der Waals surface area (Å²) in [4.78, 5) is 21.4. The Morgan fingerprint density at radius 3 is 2.67 bits per heavy atom. The van der Waals surface area contributed by atoms with Gasteiger partial charge in [-0.2, -0.15) is 0 Å². The normalized spacial score (nSPS) is 10.1. The third-order valence-electron chi connectivity index (χ3n) is 2.78. The van der Waals surface area contributed by atoms with Crippen LogP contribution < -0.4 is 10.5 Å². The first-order valence-electron chi connectivity index (χ1n) is 5.93. The van der Waals surface area contributed by atoms with Gasteiger partial charge < -0.3 is 10.5 Å². The van der Waals surface area contributed by atoms with Crippen molar-refractivity contribution in [3.8, 4) is 5.75 Å². The fourth-order valence-corrected chi connectivity index (χ4v) is 1.80. The first-order valence-corrected chi connectivity index (χ1v) is 5.93. The van der Waals surface area contributed by atoms with Crippen molar-refractivity contribution in [2.24, 2.45) is 5.73 Å². The zero-order valence-corrected chi connectivity index (χ0v) is 10.8. The molecule has 6 nitrogen and oxygen atoms in total. The number of nitro benzene ring substituents is 1. The van der Waals surface area contributed by atoms with Gasteiger partial charge in [0.25, 0.3) is 0 Å². The number of carbonyl (C=O) groups excluding carboxylic acids is 1. The summed E-state index contributed by atoms with van der Waals surface area (Å²) in [6.45, 7) is -0.136. The highest BCUT2D eigenvalue weighted by molar-refractivity contribution is 5.94. The molecule has 0 aromatic heterocycles. The SMILES string of the molecule is NC(=O)c1ccccc1COc1cc(F)ccc1[N+](=O)[O-]. The Kier molecular flexibility index (Phi) is 4.13. The summed E-state index contributed by atoms with van der Waals surface area (Å²) in [6, 6.07) is 9.34. The van der Waals surface area contributed by atoms with Gasteiger partial charge in [-0.3, -0.25) is 14.9 Å². The number of ether oxygens (including phenoxy) is 1. The molecule has 0 saturated heterocycles. The predicted molar refractivity (Wildman–Crippen MR) is 72.3 cm³/mol. The number of benzene rings is 2. The average molecular weight is 290 g/mol. The van der Waals surface area contributed by atoms with Crippen molar-refractivity contribution >= 4 is 11.6 Å². The number of nitro groups is 1. The fourth-order valence-electron chi connectivity index (χ4n) is 1.80. The fraction of sp³-hybridized carbons (Fsp3) is 0.0714. The number of amides is 1. The summed E-state index contributed by atoms with van der Waals surface area (Å²) < 4.78 is 18.4. The van der Waals surface area contributed by atoms with Gasteiger partial charge in [-0.15, -0.1) is 0 Å². The molecule has 1 amide bonds. The summed E-state index contributed by atoms with van der Waals surface area (Å²) in [5.41, 5.74) is 5.58. The molecule has 2 aromatic carbocycles. The quantitative estimate of drug-likeness (QED) is 0.675. The van der Waals surface area contributed by atoms with Crippen LogP contribution >= 0.6 is 0 Å². The molecule has 0 spiro atoms. The summed E-state index contributed by atoms with van der Waals surface area (Å²) in [5.74, 6) is -1.50. The number of nitrogens with two attached hydrogens (primary N) is 1. The van der Waals surface area contributed by atoms with Gasteiger partial charge in [-0.05, 0) is 12.1 Å². The molecule has 0 unspecified atom stereocenters. The highest BCUT2D eigenvalue weighted by Gasteiger charge is 2.17. The molecule has 0 aliphatic carbocycles. The highest BCUT2D eigenvalue weighted by Crippen LogP contribution is 2.28. The van der Waals surface area contributed by atoms with Gasteiger partial charge in [0.15, 0.2) is 5.75 Å². The maximum atomic E-state index is 13.2. The van der Waals surface area contributed by atoms with Crippen molar-refractivity contribution < 1.29 is 18.8 Å². The predicted octanol–water partition coefficient (Wildman–Crippen LogP) is 2.41. The van der Waals surface area contributed by atoms with Gasteiger partial charge in [0, 0.05) is 23.3 Å². The van der Waals surface area contributed by atoms with Crippen molar-refractivity contribution in [1.29, 1.82) is 0 Å². The minimum absolute atomic E-state index is 0.136. The lowest BCUT2D eigenvalue weighted by Gasteiger charge is -2.09. The molecule has 2 N–H and O–H groups in total. The number of primary amides is 1. The van der Waals surface area contributed by atoms with Crippen molar-refractivity contribution in [3.63, 3.8) is 0 Å². The molecule has 7 heteroatoms. The Morgan fingerprint density at radius 1 is 1.29 bits per heavy atom. The molecule has 0 aliphatic heterocycles. The number of rotatable bonds is 5. The number of hydrogen-bond acceptors (Lipinski definition) is 4. The van der Waals surface area contributed by atoms with Crippen LogP contribution in [0.1, 0.15) is 15.9 Å². The number of halogens is 1. The Morgan fingerprint density at radius 2 is 2.00 bits per heavy atom. The number of nitrogens with zero attached hydrogens (tertiary/aromatic N) is 1. The molecule has 0 radical (unpaired) electrons. The van der Waals surface area contributed by atoms with E-state index in [1.54, 1.807) is 18.2 Å². The Balaban J connectivity index is 2.27. The highest BCUT2D eigenvalue weighted by atomic mass is 19.1. The van der Waals surface area contributed by atoms with Crippen LogP contribution in [0.15, 0.2) is 42.5 Å². The van der Waals surface area contributed by atoms with Crippen molar-refractivity contribution in [1.82, 2.24) is 0 Å². The maximum absolute atomic E-state index is 13.2. The lowest BCUT2D eigenvalue weighted by atomic mass is 10.1. The molecular formula is C14H11FN2O4. The molecule has 0 saturated carbocycles. The van der Waals surface area contributed by atoms with E-state index in [-0.39, 0.29) is 23.6 Å². The van der Waals surface area contributed by atoms with E-state index in [1.807, 2.05) is 0 Å². The summed E-state index contributed by atoms with van der Waals surface area (Å²) in [7, 11) is 0. The number of carbonyl (C=O) groups is 1. The van der Waals surface area contributed by atoms with Crippen LogP contribution in [0.2, 0.25) is 0 Å². The topological polar surface area (TPSA) is 95.5 Å². The van der Waals surface area contributed by atoms with Gasteiger partial charge in [0.1, 0.15) is 12.4 Å². The minimum atomic E-state index is -0.672. The molecule has 2 aromatic rings. The second kappa shape index (κ2) is 6.00. The maximum Gasteiger partial charge on any atom is 0.311 e. The third-order valence-corrected chi connectivity index (χ3v) is 2.78. The molecule has 0 aliphatic rings. The van der Waals surface area contributed by atoms with Crippen molar-refractivity contribution in [3.05, 3.63) is 69.5 Å². The van der Waals surface area contributed by atoms with Crippen LogP contribution in [0.4, 0.5) is 10.1 Å². The third kappa shape index (κ3) is 3.33. The summed E-state index contributed by atoms with van der Waals surface area (Å²) >= 11 is 0. The zero-order chi connectivity index (χ0) is 15.4. The zero-order valence-electron chi connectivity index (χ0n) is 10.8. The molecule has 0 atom stereocenters. The molecule has 0 fully saturated rings. The average Bonchev–Trinajstić information content (AvgIpc) is 2.45. The second-order valence-corrected chi connectivity index (χ2v) is 4.18. The lowest BCUT2D eigenvalue weighted by molar-refractivity contribution is -0.386. The molecule has 0 bridgehead atoms. The standard InChI is InChI=1S/C14H11FN2O4/c15-10-5-6-12(17(19)20)13(7-10)21-8-9-3-1-2-4-11(9)14(16)18/h1-7H,8H2,(H2,16,18). The Hall–Kier alpha value is -2.96. The van der Waals surface area contributed by atoms with E-state index in [0.29, 0.717) is 5.56 Å². The molecule has 21 heavy (non-hydrogen) atoms. The first kappa shape index (κ1) is 14.4. The van der Waals surface area contributed by atoms with Gasteiger partial charge in [-0.25, -0.2) is 4.39 Å². The molecular weight excluding hydrogens is 279 g/mol. The lowest BCUT2D eigenvalue weighted by Crippen LogP contribution is -2.14. The first-order chi connectivity index (χ1) is 9.99. The van der Waals surface area contributed by atoms with E-state index in [1.165, 1.54) is 6.07 Å². The van der Waals surface area contributed by atoms with E-state index in [4.69, 9.17) is 10.5 Å². The van der Waals surface area contributed by atoms with E-state index in [2.05, 4.69) is 0 Å². The Labute approximate surface area is 119 Å². The monoisotopic (exact) mass is 290 g/mol. The van der Waals surface area contributed by atoms with Crippen molar-refractivity contribution in [2.45, 2.75) is 6.61 Å². The van der Waals surface area contributed by atoms with Gasteiger partial charge in [0.2, 0.25) is 5.91 Å². The molecule has 0 heterocycles. The largest absolute Gasteiger partial charge is 0.482 e. The van der Waals surface area contributed by atoms with E-state index < -0.39 is 16.6 Å². The van der Waals surface area contributed by atoms with Gasteiger partial charge >= 0.3 is 5.69 Å². The van der Waals surface area contributed by atoms with Crippen molar-refractivity contribution in [2.75, 3.05) is 0 Å². The van der Waals surface area contributed by atoms with E-state index in [9.17, 15) is 19.3 Å². The van der Waals surface area contributed by atoms with Crippen LogP contribution in [-0.2, 0) is 6.61 Å². The van der Waals surface area contributed by atoms with Crippen LogP contribution in [0.3, 0.4) is 0 Å². The van der Waals surface area contributed by atoms with E-state index >= 15 is 0 Å². The van der Waals surface area contributed by atoms with Gasteiger partial charge in [-0.1, -0.05) is 18.2 Å². The van der Waals surface area contributed by atoms with Crippen LogP contribution in [-0.4, -0.2) is 10.8 Å². The van der Waals surface area contributed by atoms with Crippen LogP contribution in [0, 0.1) is 15.9 Å². The molecule has 108 valence electrons. The summed E-state index contributed by atoms with van der Waals surface area (Å²) in [5, 5.41) is 10.8. The summed E-state index contributed by atoms with van der Waals surface area (Å²) in [6.07, 6.45) is 0. The van der Waals surface area contributed by atoms with Crippen LogP contribution in [0.25, 0.3) is 0 Å². The molecule has 2 rings (SSSR count). The Bertz CT molecular complexity index is 703. The van der Waals surface area contributed by atoms with Gasteiger partial charge in [0.05, 0.1) is 4.92 Å². The second-order valence-electron chi connectivity index (χ2n) is 4.18. The smallest absolute Gasteiger partial charge is 0.311 e. The van der Waals surface area contributed by atoms with E-state index in [0.717, 1.165) is 18.2 Å². The van der Waals surface area contributed by atoms with Crippen LogP contribution in [0.5, 0.6) is 5.75 Å². The minimum Gasteiger partial charge on any atom is -0.482 e. The number of hydrogen-bond donors (Lipinski definition) is 1.